The van der Waals surface area contributed by atoms with E-state index in [9.17, 15) is 14.0 Å². The van der Waals surface area contributed by atoms with Crippen molar-refractivity contribution in [1.29, 1.82) is 0 Å². The summed E-state index contributed by atoms with van der Waals surface area (Å²) in [5, 5.41) is 2.79. The molecule has 1 aromatic rings. The molecule has 1 saturated heterocycles. The van der Waals surface area contributed by atoms with Crippen LogP contribution < -0.4 is 5.32 Å². The zero-order chi connectivity index (χ0) is 15.6. The Morgan fingerprint density at radius 1 is 1.24 bits per heavy atom. The van der Waals surface area contributed by atoms with Gasteiger partial charge in [0.2, 0.25) is 11.8 Å². The van der Waals surface area contributed by atoms with Gasteiger partial charge >= 0.3 is 0 Å². The number of carbonyl (C=O) groups is 2. The Morgan fingerprint density at radius 2 is 1.86 bits per heavy atom. The Labute approximate surface area is 124 Å². The first kappa shape index (κ1) is 15.5. The van der Waals surface area contributed by atoms with Crippen molar-refractivity contribution in [3.05, 3.63) is 35.6 Å². The number of hydrogen-bond acceptors (Lipinski definition) is 2. The van der Waals surface area contributed by atoms with Crippen LogP contribution >= 0.6 is 0 Å². The molecule has 21 heavy (non-hydrogen) atoms. The van der Waals surface area contributed by atoms with Crippen molar-refractivity contribution in [3.8, 4) is 0 Å². The van der Waals surface area contributed by atoms with Gasteiger partial charge in [-0.05, 0) is 38.0 Å². The van der Waals surface area contributed by atoms with Crippen LogP contribution in [0.1, 0.15) is 39.2 Å². The van der Waals surface area contributed by atoms with Crippen molar-refractivity contribution in [3.63, 3.8) is 0 Å². The maximum absolute atomic E-state index is 13.0. The van der Waals surface area contributed by atoms with Crippen molar-refractivity contribution in [2.24, 2.45) is 0 Å². The third kappa shape index (κ3) is 3.06. The summed E-state index contributed by atoms with van der Waals surface area (Å²) in [6.45, 7) is 5.74. The zero-order valence-electron chi connectivity index (χ0n) is 12.6. The molecular formula is C16H21FN2O2. The van der Waals surface area contributed by atoms with E-state index in [2.05, 4.69) is 5.32 Å². The Kier molecular flexibility index (Phi) is 4.30. The summed E-state index contributed by atoms with van der Waals surface area (Å²) >= 11 is 0. The predicted molar refractivity (Wildman–Crippen MR) is 77.9 cm³/mol. The molecule has 4 nitrogen and oxygen atoms in total. The SMILES string of the molecule is CCCC1NC(=O)C(C)(C)N(Cc2ccc(F)cc2)C1=O. The zero-order valence-corrected chi connectivity index (χ0v) is 12.6. The summed E-state index contributed by atoms with van der Waals surface area (Å²) in [5.74, 6) is -0.543. The highest BCUT2D eigenvalue weighted by Crippen LogP contribution is 2.25. The molecule has 0 radical (unpaired) electrons. The van der Waals surface area contributed by atoms with Crippen LogP contribution in [0.15, 0.2) is 24.3 Å². The molecule has 0 spiro atoms. The number of amides is 2. The molecule has 5 heteroatoms. The van der Waals surface area contributed by atoms with Crippen LogP contribution in [0.2, 0.25) is 0 Å². The number of halogens is 1. The van der Waals surface area contributed by atoms with Crippen molar-refractivity contribution < 1.29 is 14.0 Å². The first-order valence-electron chi connectivity index (χ1n) is 7.23. The minimum atomic E-state index is -0.907. The number of nitrogens with zero attached hydrogens (tertiary/aromatic N) is 1. The predicted octanol–water partition coefficient (Wildman–Crippen LogP) is 2.23. The van der Waals surface area contributed by atoms with Crippen LogP contribution in [-0.2, 0) is 16.1 Å². The number of hydrogen-bond donors (Lipinski definition) is 1. The van der Waals surface area contributed by atoms with Gasteiger partial charge in [0, 0.05) is 6.54 Å². The van der Waals surface area contributed by atoms with Crippen LogP contribution in [-0.4, -0.2) is 28.3 Å². The van der Waals surface area contributed by atoms with E-state index in [-0.39, 0.29) is 17.6 Å². The largest absolute Gasteiger partial charge is 0.342 e. The summed E-state index contributed by atoms with van der Waals surface area (Å²) in [6, 6.07) is 5.54. The number of piperazine rings is 1. The fourth-order valence-corrected chi connectivity index (χ4v) is 2.52. The molecule has 0 bridgehead atoms. The number of carbonyl (C=O) groups excluding carboxylic acids is 2. The second-order valence-corrected chi connectivity index (χ2v) is 5.92. The fraction of sp³-hybridized carbons (Fsp3) is 0.500. The van der Waals surface area contributed by atoms with Crippen LogP contribution in [0.3, 0.4) is 0 Å². The van der Waals surface area contributed by atoms with Crippen molar-refractivity contribution in [2.45, 2.75) is 51.7 Å². The van der Waals surface area contributed by atoms with Crippen molar-refractivity contribution in [2.75, 3.05) is 0 Å². The van der Waals surface area contributed by atoms with Gasteiger partial charge in [-0.2, -0.15) is 0 Å². The normalized spacial score (nSPS) is 21.3. The van der Waals surface area contributed by atoms with Crippen LogP contribution in [0.4, 0.5) is 4.39 Å². The van der Waals surface area contributed by atoms with Gasteiger partial charge in [0.1, 0.15) is 17.4 Å². The lowest BCUT2D eigenvalue weighted by molar-refractivity contribution is -0.156. The molecule has 114 valence electrons. The quantitative estimate of drug-likeness (QED) is 0.925. The monoisotopic (exact) mass is 292 g/mol. The van der Waals surface area contributed by atoms with E-state index in [4.69, 9.17) is 0 Å². The van der Waals surface area contributed by atoms with Gasteiger partial charge in [-0.15, -0.1) is 0 Å². The minimum Gasteiger partial charge on any atom is -0.342 e. The van der Waals surface area contributed by atoms with Crippen LogP contribution in [0.25, 0.3) is 0 Å². The molecule has 2 amide bonds. The van der Waals surface area contributed by atoms with E-state index in [1.807, 2.05) is 6.92 Å². The molecule has 1 N–H and O–H groups in total. The third-order valence-corrected chi connectivity index (χ3v) is 3.93. The molecule has 1 fully saturated rings. The van der Waals surface area contributed by atoms with E-state index < -0.39 is 11.6 Å². The van der Waals surface area contributed by atoms with Gasteiger partial charge in [-0.25, -0.2) is 4.39 Å². The molecule has 1 atom stereocenters. The lowest BCUT2D eigenvalue weighted by Gasteiger charge is -2.44. The highest BCUT2D eigenvalue weighted by atomic mass is 19.1. The molecule has 0 aromatic heterocycles. The molecule has 0 aliphatic carbocycles. The number of benzene rings is 1. The summed E-state index contributed by atoms with van der Waals surface area (Å²) in [6.07, 6.45) is 1.45. The Morgan fingerprint density at radius 3 is 2.43 bits per heavy atom. The second-order valence-electron chi connectivity index (χ2n) is 5.92. The average Bonchev–Trinajstić information content (AvgIpc) is 2.43. The van der Waals surface area contributed by atoms with Gasteiger partial charge < -0.3 is 10.2 Å². The van der Waals surface area contributed by atoms with Gasteiger partial charge in [-0.1, -0.05) is 25.5 Å². The van der Waals surface area contributed by atoms with E-state index in [0.29, 0.717) is 13.0 Å². The first-order chi connectivity index (χ1) is 9.86. The standard InChI is InChI=1S/C16H21FN2O2/c1-4-5-13-14(20)19(16(2,3)15(21)18-13)10-11-6-8-12(17)9-7-11/h6-9,13H,4-5,10H2,1-3H3,(H,18,21). The molecule has 1 aliphatic heterocycles. The number of nitrogens with one attached hydrogen (secondary N) is 1. The van der Waals surface area contributed by atoms with Gasteiger partial charge in [0.05, 0.1) is 0 Å². The molecule has 1 heterocycles. The molecular weight excluding hydrogens is 271 g/mol. The van der Waals surface area contributed by atoms with E-state index >= 15 is 0 Å². The topological polar surface area (TPSA) is 49.4 Å². The lowest BCUT2D eigenvalue weighted by Crippen LogP contribution is -2.67. The van der Waals surface area contributed by atoms with E-state index in [1.54, 1.807) is 30.9 Å². The van der Waals surface area contributed by atoms with Crippen molar-refractivity contribution in [1.82, 2.24) is 10.2 Å². The highest BCUT2D eigenvalue weighted by Gasteiger charge is 2.45. The summed E-state index contributed by atoms with van der Waals surface area (Å²) in [4.78, 5) is 26.4. The third-order valence-electron chi connectivity index (χ3n) is 3.93. The van der Waals surface area contributed by atoms with E-state index in [0.717, 1.165) is 12.0 Å². The Hall–Kier alpha value is -1.91. The Bertz CT molecular complexity index is 540. The van der Waals surface area contributed by atoms with Gasteiger partial charge in [-0.3, -0.25) is 9.59 Å². The maximum Gasteiger partial charge on any atom is 0.246 e. The van der Waals surface area contributed by atoms with Gasteiger partial charge in [0.15, 0.2) is 0 Å². The first-order valence-corrected chi connectivity index (χ1v) is 7.23. The lowest BCUT2D eigenvalue weighted by atomic mass is 9.93. The highest BCUT2D eigenvalue weighted by molar-refractivity contribution is 5.99. The molecule has 0 saturated carbocycles. The smallest absolute Gasteiger partial charge is 0.246 e. The number of rotatable bonds is 4. The second kappa shape index (κ2) is 5.84. The van der Waals surface area contributed by atoms with Crippen molar-refractivity contribution >= 4 is 11.8 Å². The van der Waals surface area contributed by atoms with Crippen LogP contribution in [0.5, 0.6) is 0 Å². The average molecular weight is 292 g/mol. The molecule has 2 rings (SSSR count). The summed E-state index contributed by atoms with van der Waals surface area (Å²) in [5.41, 5.74) is -0.0989. The minimum absolute atomic E-state index is 0.0780. The fourth-order valence-electron chi connectivity index (χ4n) is 2.52. The van der Waals surface area contributed by atoms with Crippen LogP contribution in [0, 0.1) is 5.82 Å². The van der Waals surface area contributed by atoms with E-state index in [1.165, 1.54) is 12.1 Å². The molecule has 1 aromatic carbocycles. The molecule has 1 aliphatic rings. The molecule has 1 unspecified atom stereocenters. The summed E-state index contributed by atoms with van der Waals surface area (Å²) in [7, 11) is 0. The maximum atomic E-state index is 13.0. The Balaban J connectivity index is 2.25. The summed E-state index contributed by atoms with van der Waals surface area (Å²) < 4.78 is 13.0. The van der Waals surface area contributed by atoms with Gasteiger partial charge in [0.25, 0.3) is 0 Å².